The Morgan fingerprint density at radius 1 is 1.03 bits per heavy atom. The number of hydrogen-bond acceptors (Lipinski definition) is 4. The maximum Gasteiger partial charge on any atom is 0.339 e. The van der Waals surface area contributed by atoms with E-state index < -0.39 is 5.97 Å². The third-order valence-electron chi connectivity index (χ3n) is 5.61. The zero-order valence-electron chi connectivity index (χ0n) is 18.9. The zero-order chi connectivity index (χ0) is 23.4. The lowest BCUT2D eigenvalue weighted by Crippen LogP contribution is -2.30. The minimum Gasteiger partial charge on any atom is -0.465 e. The first-order chi connectivity index (χ1) is 15.2. The topological polar surface area (TPSA) is 91.5 Å². The fourth-order valence-corrected chi connectivity index (χ4v) is 3.62. The number of benzene rings is 2. The van der Waals surface area contributed by atoms with Gasteiger partial charge in [-0.1, -0.05) is 30.3 Å². The van der Waals surface area contributed by atoms with Gasteiger partial charge in [-0.25, -0.2) is 4.79 Å². The van der Waals surface area contributed by atoms with Crippen molar-refractivity contribution < 1.29 is 19.1 Å². The van der Waals surface area contributed by atoms with E-state index in [4.69, 9.17) is 4.74 Å². The van der Waals surface area contributed by atoms with E-state index >= 15 is 0 Å². The third-order valence-corrected chi connectivity index (χ3v) is 5.61. The lowest BCUT2D eigenvalue weighted by Gasteiger charge is -2.25. The number of aryl methyl sites for hydroxylation is 1. The summed E-state index contributed by atoms with van der Waals surface area (Å²) >= 11 is 0. The molecule has 3 aromatic rings. The Hall–Kier alpha value is -3.87. The van der Waals surface area contributed by atoms with Crippen LogP contribution in [0.5, 0.6) is 0 Å². The number of carbonyl (C=O) groups excluding carboxylic acids is 3. The number of aromatic nitrogens is 1. The van der Waals surface area contributed by atoms with Crippen molar-refractivity contribution in [3.63, 3.8) is 0 Å². The van der Waals surface area contributed by atoms with Crippen LogP contribution in [0.15, 0.2) is 54.6 Å². The molecule has 0 bridgehead atoms. The predicted octanol–water partition coefficient (Wildman–Crippen LogP) is 4.50. The molecule has 3 rings (SSSR count). The molecule has 0 saturated carbocycles. The van der Waals surface area contributed by atoms with E-state index in [0.717, 1.165) is 5.56 Å². The summed E-state index contributed by atoms with van der Waals surface area (Å²) in [5, 5.41) is 2.89. The Labute approximate surface area is 187 Å². The fourth-order valence-electron chi connectivity index (χ4n) is 3.62. The Kier molecular flexibility index (Phi) is 6.78. The first-order valence-corrected chi connectivity index (χ1v) is 10.3. The van der Waals surface area contributed by atoms with Crippen LogP contribution < -0.4 is 5.32 Å². The second-order valence-corrected chi connectivity index (χ2v) is 7.65. The second-order valence-electron chi connectivity index (χ2n) is 7.65. The van der Waals surface area contributed by atoms with Gasteiger partial charge in [0, 0.05) is 24.0 Å². The lowest BCUT2D eigenvalue weighted by molar-refractivity contribution is 0.0599. The molecule has 0 aliphatic heterocycles. The van der Waals surface area contributed by atoms with Crippen molar-refractivity contribution in [2.24, 2.45) is 0 Å². The lowest BCUT2D eigenvalue weighted by atomic mass is 10.0. The number of methoxy groups -OCH3 is 1. The molecule has 2 N–H and O–H groups in total. The zero-order valence-corrected chi connectivity index (χ0v) is 18.9. The highest BCUT2D eigenvalue weighted by Crippen LogP contribution is 2.26. The number of aromatic amines is 1. The summed E-state index contributed by atoms with van der Waals surface area (Å²) in [5.41, 5.74) is 3.95. The maximum absolute atomic E-state index is 13.2. The van der Waals surface area contributed by atoms with Crippen molar-refractivity contribution in [2.75, 3.05) is 19.5 Å². The summed E-state index contributed by atoms with van der Waals surface area (Å²) in [6, 6.07) is 16.1. The number of carbonyl (C=O) groups is 3. The quantitative estimate of drug-likeness (QED) is 0.560. The highest BCUT2D eigenvalue weighted by molar-refractivity contribution is 6.04. The van der Waals surface area contributed by atoms with Gasteiger partial charge in [0.1, 0.15) is 5.69 Å². The van der Waals surface area contributed by atoms with E-state index in [2.05, 4.69) is 10.3 Å². The van der Waals surface area contributed by atoms with Crippen LogP contribution in [0.2, 0.25) is 0 Å². The number of amides is 2. The number of H-pyrrole nitrogens is 1. The Morgan fingerprint density at radius 3 is 2.38 bits per heavy atom. The first kappa shape index (κ1) is 22.8. The van der Waals surface area contributed by atoms with Crippen LogP contribution in [0.3, 0.4) is 0 Å². The number of nitrogens with one attached hydrogen (secondary N) is 2. The molecule has 7 heteroatoms. The smallest absolute Gasteiger partial charge is 0.339 e. The highest BCUT2D eigenvalue weighted by Gasteiger charge is 2.26. The summed E-state index contributed by atoms with van der Waals surface area (Å²) < 4.78 is 4.83. The van der Waals surface area contributed by atoms with Crippen molar-refractivity contribution in [1.82, 2.24) is 9.88 Å². The summed E-state index contributed by atoms with van der Waals surface area (Å²) in [6.45, 7) is 5.36. The second kappa shape index (κ2) is 9.51. The Balaban J connectivity index is 1.80. The number of esters is 1. The van der Waals surface area contributed by atoms with Gasteiger partial charge in [-0.2, -0.15) is 0 Å². The first-order valence-electron chi connectivity index (χ1n) is 10.3. The van der Waals surface area contributed by atoms with Crippen molar-refractivity contribution >= 4 is 23.5 Å². The molecular formula is C25H27N3O4. The average Bonchev–Trinajstić information content (AvgIpc) is 3.11. The summed E-state index contributed by atoms with van der Waals surface area (Å²) in [5.74, 6) is -0.924. The standard InChI is InChI=1S/C25H27N3O4/c1-15-21(25(31)32-5)16(2)26-22(15)24(30)28(4)17(3)19-12-9-13-20(14-19)27-23(29)18-10-7-6-8-11-18/h6-14,17,26H,1-5H3,(H,27,29)/t17-/m1/s1. The molecule has 0 fully saturated rings. The van der Waals surface area contributed by atoms with Crippen LogP contribution in [-0.4, -0.2) is 41.8 Å². The molecule has 0 spiro atoms. The molecule has 1 heterocycles. The van der Waals surface area contributed by atoms with E-state index in [1.807, 2.05) is 43.3 Å². The number of rotatable bonds is 6. The van der Waals surface area contributed by atoms with E-state index in [-0.39, 0.29) is 17.9 Å². The van der Waals surface area contributed by atoms with E-state index in [1.165, 1.54) is 7.11 Å². The van der Waals surface area contributed by atoms with E-state index in [9.17, 15) is 14.4 Å². The molecular weight excluding hydrogens is 406 g/mol. The summed E-state index contributed by atoms with van der Waals surface area (Å²) in [6.07, 6.45) is 0. The molecule has 2 aromatic carbocycles. The molecule has 7 nitrogen and oxygen atoms in total. The predicted molar refractivity (Wildman–Crippen MR) is 123 cm³/mol. The molecule has 0 aliphatic carbocycles. The summed E-state index contributed by atoms with van der Waals surface area (Å²) in [4.78, 5) is 42.3. The highest BCUT2D eigenvalue weighted by atomic mass is 16.5. The average molecular weight is 434 g/mol. The minimum atomic E-state index is -0.479. The van der Waals surface area contributed by atoms with Crippen LogP contribution >= 0.6 is 0 Å². The van der Waals surface area contributed by atoms with Gasteiger partial charge in [-0.05, 0) is 56.2 Å². The van der Waals surface area contributed by atoms with Gasteiger partial charge >= 0.3 is 5.97 Å². The van der Waals surface area contributed by atoms with Crippen molar-refractivity contribution in [1.29, 1.82) is 0 Å². The summed E-state index contributed by atoms with van der Waals surface area (Å²) in [7, 11) is 3.02. The van der Waals surface area contributed by atoms with Gasteiger partial charge in [-0.15, -0.1) is 0 Å². The molecule has 2 amide bonds. The van der Waals surface area contributed by atoms with E-state index in [1.54, 1.807) is 44.0 Å². The largest absolute Gasteiger partial charge is 0.465 e. The van der Waals surface area contributed by atoms with Crippen molar-refractivity contribution in [3.8, 4) is 0 Å². The SMILES string of the molecule is COC(=O)c1c(C)[nH]c(C(=O)N(C)[C@H](C)c2cccc(NC(=O)c3ccccc3)c2)c1C. The fraction of sp³-hybridized carbons (Fsp3) is 0.240. The van der Waals surface area contributed by atoms with Crippen molar-refractivity contribution in [2.45, 2.75) is 26.8 Å². The van der Waals surface area contributed by atoms with Gasteiger partial charge < -0.3 is 19.9 Å². The number of ether oxygens (including phenoxy) is 1. The Morgan fingerprint density at radius 2 is 1.72 bits per heavy atom. The molecule has 1 aromatic heterocycles. The van der Waals surface area contributed by atoms with Crippen LogP contribution in [0.4, 0.5) is 5.69 Å². The van der Waals surface area contributed by atoms with Gasteiger partial charge in [0.25, 0.3) is 11.8 Å². The van der Waals surface area contributed by atoms with Gasteiger partial charge in [0.2, 0.25) is 0 Å². The van der Waals surface area contributed by atoms with Gasteiger partial charge in [0.15, 0.2) is 0 Å². The number of hydrogen-bond donors (Lipinski definition) is 2. The van der Waals surface area contributed by atoms with Crippen LogP contribution in [0.25, 0.3) is 0 Å². The number of nitrogens with zero attached hydrogens (tertiary/aromatic N) is 1. The Bertz CT molecular complexity index is 1150. The monoisotopic (exact) mass is 433 g/mol. The van der Waals surface area contributed by atoms with Crippen LogP contribution in [0.1, 0.15) is 61.0 Å². The molecule has 166 valence electrons. The minimum absolute atomic E-state index is 0.201. The molecule has 1 atom stereocenters. The van der Waals surface area contributed by atoms with Gasteiger partial charge in [-0.3, -0.25) is 9.59 Å². The van der Waals surface area contributed by atoms with Crippen molar-refractivity contribution in [3.05, 3.63) is 88.2 Å². The molecule has 32 heavy (non-hydrogen) atoms. The molecule has 0 aliphatic rings. The normalized spacial score (nSPS) is 11.5. The molecule has 0 saturated heterocycles. The molecule has 0 unspecified atom stereocenters. The van der Waals surface area contributed by atoms with E-state index in [0.29, 0.717) is 33.8 Å². The van der Waals surface area contributed by atoms with Gasteiger partial charge in [0.05, 0.1) is 18.7 Å². The maximum atomic E-state index is 13.2. The van der Waals surface area contributed by atoms with Crippen LogP contribution in [0, 0.1) is 13.8 Å². The number of anilines is 1. The van der Waals surface area contributed by atoms with Crippen LogP contribution in [-0.2, 0) is 4.74 Å². The third kappa shape index (κ3) is 4.56. The molecule has 0 radical (unpaired) electrons.